The first-order valence-corrected chi connectivity index (χ1v) is 11.0. The van der Waals surface area contributed by atoms with Crippen molar-refractivity contribution in [2.75, 3.05) is 19.1 Å². The lowest BCUT2D eigenvalue weighted by Gasteiger charge is -2.14. The first kappa shape index (κ1) is 23.2. The Morgan fingerprint density at radius 3 is 2.44 bits per heavy atom. The van der Waals surface area contributed by atoms with Crippen LogP contribution in [0.2, 0.25) is 0 Å². The summed E-state index contributed by atoms with van der Waals surface area (Å²) in [5, 5.41) is 10.8. The zero-order chi connectivity index (χ0) is 24.2. The van der Waals surface area contributed by atoms with Crippen LogP contribution in [0, 0.1) is 10.1 Å². The number of hydrogen-bond acceptors (Lipinski definition) is 9. The van der Waals surface area contributed by atoms with Crippen LogP contribution in [0.4, 0.5) is 11.4 Å². The van der Waals surface area contributed by atoms with Gasteiger partial charge in [0.05, 0.1) is 29.7 Å². The fourth-order valence-corrected chi connectivity index (χ4v) is 4.38. The summed E-state index contributed by atoms with van der Waals surface area (Å²) in [6.45, 7) is 0. The number of rotatable bonds is 7. The second-order valence-corrected chi connectivity index (χ2v) is 8.52. The number of thioether (sulfide) groups is 1. The molecule has 34 heavy (non-hydrogen) atoms. The lowest BCUT2D eigenvalue weighted by atomic mass is 10.1. The molecular weight excluding hydrogens is 478 g/mol. The minimum absolute atomic E-state index is 0.137. The first-order chi connectivity index (χ1) is 16.4. The van der Waals surface area contributed by atoms with E-state index >= 15 is 0 Å². The number of hydrogen-bond donors (Lipinski definition) is 0. The van der Waals surface area contributed by atoms with Gasteiger partial charge in [-0.05, 0) is 48.0 Å². The van der Waals surface area contributed by atoms with Gasteiger partial charge in [0.15, 0.2) is 15.8 Å². The number of thiocarbonyl (C=S) groups is 1. The Morgan fingerprint density at radius 2 is 1.82 bits per heavy atom. The van der Waals surface area contributed by atoms with E-state index in [4.69, 9.17) is 26.4 Å². The molecule has 0 radical (unpaired) electrons. The molecule has 1 aliphatic rings. The number of ether oxygens (including phenoxy) is 3. The topological polar surface area (TPSA) is 104 Å². The summed E-state index contributed by atoms with van der Waals surface area (Å²) in [6.07, 6.45) is 2.83. The molecular formula is C23H17N3O6S2. The molecule has 1 aromatic heterocycles. The number of aromatic nitrogens is 1. The van der Waals surface area contributed by atoms with Crippen molar-refractivity contribution in [3.8, 4) is 23.1 Å². The molecule has 1 aliphatic heterocycles. The molecule has 0 unspecified atom stereocenters. The van der Waals surface area contributed by atoms with Crippen molar-refractivity contribution in [1.82, 2.24) is 4.98 Å². The van der Waals surface area contributed by atoms with Crippen molar-refractivity contribution < 1.29 is 23.9 Å². The highest BCUT2D eigenvalue weighted by atomic mass is 32.2. The summed E-state index contributed by atoms with van der Waals surface area (Å²) < 4.78 is 16.7. The van der Waals surface area contributed by atoms with E-state index in [9.17, 15) is 14.9 Å². The number of nitrogens with zero attached hydrogens (tertiary/aromatic N) is 3. The molecule has 0 bridgehead atoms. The summed E-state index contributed by atoms with van der Waals surface area (Å²) >= 11 is 6.63. The van der Waals surface area contributed by atoms with Crippen LogP contribution < -0.4 is 19.1 Å². The number of nitro groups is 1. The van der Waals surface area contributed by atoms with Gasteiger partial charge < -0.3 is 14.2 Å². The van der Waals surface area contributed by atoms with E-state index in [0.29, 0.717) is 37.7 Å². The fraction of sp³-hybridized carbons (Fsp3) is 0.0870. The molecule has 1 saturated heterocycles. The molecule has 1 fully saturated rings. The van der Waals surface area contributed by atoms with E-state index in [2.05, 4.69) is 4.98 Å². The molecule has 0 atom stereocenters. The molecule has 11 heteroatoms. The molecule has 0 saturated carbocycles. The van der Waals surface area contributed by atoms with E-state index < -0.39 is 4.92 Å². The van der Waals surface area contributed by atoms with E-state index in [0.717, 1.165) is 6.20 Å². The van der Waals surface area contributed by atoms with Gasteiger partial charge in [0.2, 0.25) is 5.88 Å². The van der Waals surface area contributed by atoms with E-state index in [-0.39, 0.29) is 17.5 Å². The van der Waals surface area contributed by atoms with Gasteiger partial charge in [0.25, 0.3) is 11.6 Å². The van der Waals surface area contributed by atoms with Crippen LogP contribution >= 0.6 is 24.0 Å². The van der Waals surface area contributed by atoms with Crippen LogP contribution in [0.3, 0.4) is 0 Å². The largest absolute Gasteiger partial charge is 0.497 e. The molecule has 1 amide bonds. The van der Waals surface area contributed by atoms with Crippen molar-refractivity contribution in [2.45, 2.75) is 0 Å². The predicted octanol–water partition coefficient (Wildman–Crippen LogP) is 5.21. The smallest absolute Gasteiger partial charge is 0.287 e. The monoisotopic (exact) mass is 495 g/mol. The number of methoxy groups -OCH3 is 2. The maximum absolute atomic E-state index is 13.0. The molecule has 172 valence electrons. The molecule has 3 aromatic rings. The third kappa shape index (κ3) is 4.85. The molecule has 0 spiro atoms. The Labute approximate surface area is 204 Å². The summed E-state index contributed by atoms with van der Waals surface area (Å²) in [5.41, 5.74) is 1.22. The molecule has 9 nitrogen and oxygen atoms in total. The van der Waals surface area contributed by atoms with Crippen LogP contribution in [0.15, 0.2) is 65.7 Å². The Balaban J connectivity index is 1.55. The lowest BCUT2D eigenvalue weighted by Crippen LogP contribution is -2.27. The quantitative estimate of drug-likeness (QED) is 0.189. The van der Waals surface area contributed by atoms with Crippen molar-refractivity contribution in [2.24, 2.45) is 0 Å². The third-order valence-electron chi connectivity index (χ3n) is 4.76. The van der Waals surface area contributed by atoms with Gasteiger partial charge in [-0.25, -0.2) is 4.98 Å². The SMILES string of the molecule is COc1ccc(N2C(=O)/C(=C/c3ccc(Oc4ccc([N+](=O)[O-])cn4)c(OC)c3)SC2=S)cc1. The number of carbonyl (C=O) groups excluding carboxylic acids is 1. The molecule has 0 aliphatic carbocycles. The summed E-state index contributed by atoms with van der Waals surface area (Å²) in [6, 6.07) is 14.9. The number of amides is 1. The summed E-state index contributed by atoms with van der Waals surface area (Å²) in [5.74, 6) is 1.40. The Bertz CT molecular complexity index is 1290. The van der Waals surface area contributed by atoms with Gasteiger partial charge in [0, 0.05) is 12.1 Å². The van der Waals surface area contributed by atoms with Crippen molar-refractivity contribution in [3.63, 3.8) is 0 Å². The summed E-state index contributed by atoms with van der Waals surface area (Å²) in [7, 11) is 3.06. The van der Waals surface area contributed by atoms with Crippen molar-refractivity contribution >= 4 is 51.7 Å². The minimum atomic E-state index is -0.538. The van der Waals surface area contributed by atoms with E-state index in [1.807, 2.05) is 0 Å². The van der Waals surface area contributed by atoms with Crippen molar-refractivity contribution in [3.05, 3.63) is 81.4 Å². The lowest BCUT2D eigenvalue weighted by molar-refractivity contribution is -0.385. The predicted molar refractivity (Wildman–Crippen MR) is 133 cm³/mol. The normalized spacial score (nSPS) is 14.4. The fourth-order valence-electron chi connectivity index (χ4n) is 3.08. The molecule has 4 rings (SSSR count). The third-order valence-corrected chi connectivity index (χ3v) is 6.06. The highest BCUT2D eigenvalue weighted by molar-refractivity contribution is 8.27. The Morgan fingerprint density at radius 1 is 1.06 bits per heavy atom. The maximum Gasteiger partial charge on any atom is 0.287 e. The summed E-state index contributed by atoms with van der Waals surface area (Å²) in [4.78, 5) is 29.1. The number of benzene rings is 2. The van der Waals surface area contributed by atoms with Crippen LogP contribution in [0.1, 0.15) is 5.56 Å². The maximum atomic E-state index is 13.0. The minimum Gasteiger partial charge on any atom is -0.497 e. The number of anilines is 1. The first-order valence-electron chi connectivity index (χ1n) is 9.78. The van der Waals surface area contributed by atoms with Gasteiger partial charge in [-0.3, -0.25) is 19.8 Å². The zero-order valence-electron chi connectivity index (χ0n) is 18.0. The second kappa shape index (κ2) is 9.89. The van der Waals surface area contributed by atoms with E-state index in [1.165, 1.54) is 35.9 Å². The average Bonchev–Trinajstić information content (AvgIpc) is 3.12. The van der Waals surface area contributed by atoms with Gasteiger partial charge in [-0.1, -0.05) is 30.0 Å². The van der Waals surface area contributed by atoms with Crippen LogP contribution in [0.5, 0.6) is 23.1 Å². The average molecular weight is 496 g/mol. The van der Waals surface area contributed by atoms with Crippen LogP contribution in [-0.2, 0) is 4.79 Å². The van der Waals surface area contributed by atoms with E-state index in [1.54, 1.807) is 55.7 Å². The number of carbonyl (C=O) groups is 1. The standard InChI is InChI=1S/C23H17N3O6S2/c1-30-17-7-4-15(5-8-17)25-22(27)20(34-23(25)33)12-14-3-9-18(19(11-14)31-2)32-21-10-6-16(13-24-21)26(28)29/h3-13H,1-2H3/b20-12-. The Hall–Kier alpha value is -3.96. The van der Waals surface area contributed by atoms with Gasteiger partial charge in [0.1, 0.15) is 11.9 Å². The second-order valence-electron chi connectivity index (χ2n) is 6.84. The van der Waals surface area contributed by atoms with Crippen LogP contribution in [-0.4, -0.2) is 34.4 Å². The molecule has 2 aromatic carbocycles. The molecule has 2 heterocycles. The number of pyridine rings is 1. The highest BCUT2D eigenvalue weighted by Crippen LogP contribution is 2.38. The van der Waals surface area contributed by atoms with Crippen molar-refractivity contribution in [1.29, 1.82) is 0 Å². The Kier molecular flexibility index (Phi) is 6.75. The van der Waals surface area contributed by atoms with Gasteiger partial charge >= 0.3 is 0 Å². The van der Waals surface area contributed by atoms with Crippen LogP contribution in [0.25, 0.3) is 6.08 Å². The van der Waals surface area contributed by atoms with Gasteiger partial charge in [-0.2, -0.15) is 0 Å². The molecule has 0 N–H and O–H groups in total. The highest BCUT2D eigenvalue weighted by Gasteiger charge is 2.33. The van der Waals surface area contributed by atoms with Gasteiger partial charge in [-0.15, -0.1) is 0 Å². The zero-order valence-corrected chi connectivity index (χ0v) is 19.6.